The van der Waals surface area contributed by atoms with Gasteiger partial charge in [-0.25, -0.2) is 9.59 Å². The van der Waals surface area contributed by atoms with Gasteiger partial charge in [-0.1, -0.05) is 0 Å². The molecule has 1 N–H and O–H groups in total. The quantitative estimate of drug-likeness (QED) is 0.222. The molecule has 190 valence electrons. The number of esters is 4. The van der Waals surface area contributed by atoms with Crippen molar-refractivity contribution < 1.29 is 62.4 Å². The fourth-order valence-corrected chi connectivity index (χ4v) is 3.20. The van der Waals surface area contributed by atoms with Crippen LogP contribution >= 0.6 is 0 Å². The van der Waals surface area contributed by atoms with E-state index in [4.69, 9.17) is 23.7 Å². The second kappa shape index (κ2) is 11.2. The maximum atomic E-state index is 12.4. The summed E-state index contributed by atoms with van der Waals surface area (Å²) in [5, 5.41) is 20.6. The van der Waals surface area contributed by atoms with Gasteiger partial charge in [0, 0.05) is 26.8 Å². The highest BCUT2D eigenvalue weighted by Crippen LogP contribution is 2.33. The molecule has 5 atom stereocenters. The number of hydrogen-bond donors (Lipinski definition) is 1. The highest BCUT2D eigenvalue weighted by molar-refractivity contribution is 5.91. The minimum Gasteiger partial charge on any atom is -0.478 e. The lowest BCUT2D eigenvalue weighted by atomic mass is 9.97. The average molecular weight is 499 g/mol. The Morgan fingerprint density at radius 1 is 0.943 bits per heavy atom. The molecule has 1 fully saturated rings. The maximum absolute atomic E-state index is 12.4. The molecule has 35 heavy (non-hydrogen) atoms. The van der Waals surface area contributed by atoms with Crippen molar-refractivity contribution in [1.29, 1.82) is 0 Å². The molecular weight excluding hydrogens is 478 g/mol. The van der Waals surface area contributed by atoms with E-state index in [0.717, 1.165) is 46.1 Å². The number of nitrogens with zero attached hydrogens (tertiary/aromatic N) is 1. The number of carbonyl (C=O) groups excluding carboxylic acids is 4. The number of benzene rings is 1. The van der Waals surface area contributed by atoms with Gasteiger partial charge in [-0.05, 0) is 6.07 Å². The first-order chi connectivity index (χ1) is 16.3. The van der Waals surface area contributed by atoms with Crippen LogP contribution in [0, 0.1) is 10.1 Å². The van der Waals surface area contributed by atoms with E-state index in [1.807, 2.05) is 0 Å². The lowest BCUT2D eigenvalue weighted by Gasteiger charge is -2.43. The van der Waals surface area contributed by atoms with E-state index in [9.17, 15) is 39.2 Å². The summed E-state index contributed by atoms with van der Waals surface area (Å²) in [4.78, 5) is 69.7. The van der Waals surface area contributed by atoms with Crippen LogP contribution in [0.3, 0.4) is 0 Å². The molecule has 1 aliphatic heterocycles. The molecule has 2 rings (SSSR count). The number of carboxylic acids is 1. The molecule has 15 nitrogen and oxygen atoms in total. The second-order valence-electron chi connectivity index (χ2n) is 7.03. The molecule has 1 heterocycles. The molecule has 0 bridgehead atoms. The van der Waals surface area contributed by atoms with Gasteiger partial charge in [0.1, 0.15) is 11.3 Å². The van der Waals surface area contributed by atoms with E-state index < -0.39 is 82.5 Å². The number of rotatable bonds is 8. The molecule has 1 saturated heterocycles. The summed E-state index contributed by atoms with van der Waals surface area (Å²) < 4.78 is 31.1. The third-order valence-electron chi connectivity index (χ3n) is 4.48. The molecule has 1 aromatic carbocycles. The van der Waals surface area contributed by atoms with E-state index in [1.165, 1.54) is 0 Å². The van der Waals surface area contributed by atoms with E-state index in [1.54, 1.807) is 0 Å². The Labute approximate surface area is 196 Å². The number of non-ortho nitro benzene ring substituents is 1. The van der Waals surface area contributed by atoms with Crippen molar-refractivity contribution in [2.75, 3.05) is 7.11 Å². The smallest absolute Gasteiger partial charge is 0.339 e. The minimum atomic E-state index is -1.88. The first kappa shape index (κ1) is 27.0. The average Bonchev–Trinajstić information content (AvgIpc) is 2.75. The number of carboxylic acid groups (broad SMARTS) is 1. The summed E-state index contributed by atoms with van der Waals surface area (Å²) >= 11 is 0. The van der Waals surface area contributed by atoms with E-state index in [-0.39, 0.29) is 0 Å². The first-order valence-corrected chi connectivity index (χ1v) is 9.79. The summed E-state index contributed by atoms with van der Waals surface area (Å²) in [6.45, 7) is 2.95. The number of nitro groups is 1. The summed E-state index contributed by atoms with van der Waals surface area (Å²) in [7, 11) is 0.981. The zero-order chi connectivity index (χ0) is 26.4. The van der Waals surface area contributed by atoms with Crippen LogP contribution in [0.5, 0.6) is 5.75 Å². The largest absolute Gasteiger partial charge is 0.478 e. The van der Waals surface area contributed by atoms with Crippen LogP contribution in [0.1, 0.15) is 31.1 Å². The van der Waals surface area contributed by atoms with Gasteiger partial charge in [-0.15, -0.1) is 0 Å². The van der Waals surface area contributed by atoms with Gasteiger partial charge in [-0.2, -0.15) is 0 Å². The Bertz CT molecular complexity index is 1040. The fraction of sp³-hybridized carbons (Fsp3) is 0.450. The highest BCUT2D eigenvalue weighted by Gasteiger charge is 2.56. The summed E-state index contributed by atoms with van der Waals surface area (Å²) in [6, 6.07) is 2.57. The SMILES string of the molecule is COC(=O)[C@H]1O[C@@H](Oc2cc([N+](=O)[O-])ccc2C(=O)O)[C@H](OC(C)=O)[C@@H](OC(C)=O)[C@@H]1OC(C)=O. The standard InChI is InChI=1S/C20H21NO14/c1-8(22)31-14-15(32-9(2)23)17(33-10(3)24)20(35-16(14)19(27)30-4)34-13-7-11(21(28)29)5-6-12(13)18(25)26/h5-7,14-17,20H,1-4H3,(H,25,26)/t14-,15-,16-,17+,20+/m0/s1. The predicted molar refractivity (Wildman–Crippen MR) is 108 cm³/mol. The number of aromatic carboxylic acids is 1. The van der Waals surface area contributed by atoms with Gasteiger partial charge in [-0.3, -0.25) is 24.5 Å². The Morgan fingerprint density at radius 2 is 1.49 bits per heavy atom. The Balaban J connectivity index is 2.64. The number of methoxy groups -OCH3 is 1. The van der Waals surface area contributed by atoms with Gasteiger partial charge in [0.15, 0.2) is 18.3 Å². The lowest BCUT2D eigenvalue weighted by Crippen LogP contribution is -2.64. The second-order valence-corrected chi connectivity index (χ2v) is 7.03. The van der Waals surface area contributed by atoms with Crippen LogP contribution in [-0.2, 0) is 42.9 Å². The molecule has 0 aromatic heterocycles. The first-order valence-electron chi connectivity index (χ1n) is 9.79. The van der Waals surface area contributed by atoms with Crippen molar-refractivity contribution in [2.24, 2.45) is 0 Å². The van der Waals surface area contributed by atoms with E-state index in [0.29, 0.717) is 0 Å². The lowest BCUT2D eigenvalue weighted by molar-refractivity contribution is -0.385. The molecule has 0 radical (unpaired) electrons. The zero-order valence-electron chi connectivity index (χ0n) is 18.8. The number of carbonyl (C=O) groups is 5. The van der Waals surface area contributed by atoms with E-state index >= 15 is 0 Å². The van der Waals surface area contributed by atoms with Crippen molar-refractivity contribution >= 4 is 35.5 Å². The highest BCUT2D eigenvalue weighted by atomic mass is 16.7. The van der Waals surface area contributed by atoms with E-state index in [2.05, 4.69) is 4.74 Å². The molecule has 1 aromatic rings. The zero-order valence-corrected chi connectivity index (χ0v) is 18.8. The van der Waals surface area contributed by atoms with Crippen LogP contribution in [0.2, 0.25) is 0 Å². The van der Waals surface area contributed by atoms with Crippen molar-refractivity contribution in [3.63, 3.8) is 0 Å². The Hall–Kier alpha value is -4.27. The third-order valence-corrected chi connectivity index (χ3v) is 4.48. The van der Waals surface area contributed by atoms with Crippen molar-refractivity contribution in [1.82, 2.24) is 0 Å². The van der Waals surface area contributed by atoms with Crippen molar-refractivity contribution in [2.45, 2.75) is 51.5 Å². The van der Waals surface area contributed by atoms with Crippen LogP contribution < -0.4 is 4.74 Å². The Kier molecular flexibility index (Phi) is 8.66. The fourth-order valence-electron chi connectivity index (χ4n) is 3.20. The van der Waals surface area contributed by atoms with Crippen molar-refractivity contribution in [3.05, 3.63) is 33.9 Å². The van der Waals surface area contributed by atoms with Gasteiger partial charge in [0.25, 0.3) is 5.69 Å². The monoisotopic (exact) mass is 499 g/mol. The van der Waals surface area contributed by atoms with Gasteiger partial charge >= 0.3 is 29.8 Å². The van der Waals surface area contributed by atoms with Crippen LogP contribution in [0.4, 0.5) is 5.69 Å². The van der Waals surface area contributed by atoms with Crippen molar-refractivity contribution in [3.8, 4) is 5.75 Å². The Morgan fingerprint density at radius 3 is 1.97 bits per heavy atom. The maximum Gasteiger partial charge on any atom is 0.339 e. The third kappa shape index (κ3) is 6.63. The summed E-state index contributed by atoms with van der Waals surface area (Å²) in [6.07, 6.45) is -8.74. The number of ether oxygens (including phenoxy) is 6. The topological polar surface area (TPSA) is 204 Å². The summed E-state index contributed by atoms with van der Waals surface area (Å²) in [5.41, 5.74) is -1.09. The minimum absolute atomic E-state index is 0.540. The molecule has 15 heteroatoms. The molecule has 0 saturated carbocycles. The predicted octanol–water partition coefficient (Wildman–Crippen LogP) is 0.365. The molecule has 0 aliphatic carbocycles. The molecule has 0 amide bonds. The molecule has 1 aliphatic rings. The van der Waals surface area contributed by atoms with Crippen LogP contribution in [-0.4, -0.2) is 77.7 Å². The normalized spacial score (nSPS) is 23.4. The molecule has 0 unspecified atom stereocenters. The van der Waals surface area contributed by atoms with Crippen LogP contribution in [0.15, 0.2) is 18.2 Å². The van der Waals surface area contributed by atoms with Gasteiger partial charge in [0.05, 0.1) is 18.1 Å². The van der Waals surface area contributed by atoms with Gasteiger partial charge in [0.2, 0.25) is 12.4 Å². The molecular formula is C20H21NO14. The van der Waals surface area contributed by atoms with Crippen LogP contribution in [0.25, 0.3) is 0 Å². The summed E-state index contributed by atoms with van der Waals surface area (Å²) in [5.74, 6) is -6.04. The van der Waals surface area contributed by atoms with Gasteiger partial charge < -0.3 is 33.5 Å². The molecule has 0 spiro atoms. The number of nitro benzene ring substituents is 1. The number of hydrogen-bond acceptors (Lipinski definition) is 13.